The molecule has 0 aliphatic heterocycles. The Labute approximate surface area is 94.0 Å². The number of ether oxygens (including phenoxy) is 1. The van der Waals surface area contributed by atoms with E-state index < -0.39 is 11.9 Å². The summed E-state index contributed by atoms with van der Waals surface area (Å²) in [5.41, 5.74) is 0.196. The van der Waals surface area contributed by atoms with Gasteiger partial charge in [0.15, 0.2) is 0 Å². The molecule has 3 rings (SSSR count). The van der Waals surface area contributed by atoms with E-state index in [0.29, 0.717) is 0 Å². The van der Waals surface area contributed by atoms with Gasteiger partial charge in [0.05, 0.1) is 18.9 Å². The van der Waals surface area contributed by atoms with E-state index in [2.05, 4.69) is 0 Å². The molecule has 0 unspecified atom stereocenters. The molecular formula is C12H16O4. The van der Waals surface area contributed by atoms with Gasteiger partial charge in [-0.25, -0.2) is 0 Å². The number of esters is 1. The van der Waals surface area contributed by atoms with Crippen LogP contribution in [0.1, 0.15) is 25.7 Å². The summed E-state index contributed by atoms with van der Waals surface area (Å²) in [6.45, 7) is 0. The summed E-state index contributed by atoms with van der Waals surface area (Å²) in [7, 11) is 1.35. The van der Waals surface area contributed by atoms with E-state index in [0.717, 1.165) is 25.7 Å². The third-order valence-corrected chi connectivity index (χ3v) is 5.11. The predicted octanol–water partition coefficient (Wildman–Crippen LogP) is 1.30. The van der Waals surface area contributed by atoms with Gasteiger partial charge in [-0.1, -0.05) is 0 Å². The van der Waals surface area contributed by atoms with Gasteiger partial charge >= 0.3 is 11.9 Å². The van der Waals surface area contributed by atoms with Crippen molar-refractivity contribution in [3.05, 3.63) is 0 Å². The number of carbonyl (C=O) groups excluding carboxylic acids is 1. The van der Waals surface area contributed by atoms with Gasteiger partial charge in [0.1, 0.15) is 0 Å². The van der Waals surface area contributed by atoms with Crippen LogP contribution in [0.4, 0.5) is 0 Å². The summed E-state index contributed by atoms with van der Waals surface area (Å²) in [5.74, 6) is -1.51. The van der Waals surface area contributed by atoms with Crippen molar-refractivity contribution in [2.75, 3.05) is 7.11 Å². The first kappa shape index (κ1) is 10.1. The van der Waals surface area contributed by atoms with Crippen LogP contribution in [-0.4, -0.2) is 24.2 Å². The van der Waals surface area contributed by atoms with Gasteiger partial charge in [0.2, 0.25) is 0 Å². The van der Waals surface area contributed by atoms with E-state index in [9.17, 15) is 14.7 Å². The Kier molecular flexibility index (Phi) is 1.89. The van der Waals surface area contributed by atoms with Crippen molar-refractivity contribution in [2.24, 2.45) is 29.1 Å². The lowest BCUT2D eigenvalue weighted by Crippen LogP contribution is -2.35. The van der Waals surface area contributed by atoms with Crippen LogP contribution in [0.3, 0.4) is 0 Å². The highest BCUT2D eigenvalue weighted by molar-refractivity contribution is 5.83. The largest absolute Gasteiger partial charge is 0.481 e. The van der Waals surface area contributed by atoms with Gasteiger partial charge in [-0.3, -0.25) is 9.59 Å². The van der Waals surface area contributed by atoms with Crippen LogP contribution in [0.25, 0.3) is 0 Å². The van der Waals surface area contributed by atoms with E-state index in [1.807, 2.05) is 0 Å². The minimum absolute atomic E-state index is 0.196. The fourth-order valence-corrected chi connectivity index (χ4v) is 4.44. The maximum Gasteiger partial charge on any atom is 0.309 e. The lowest BCUT2D eigenvalue weighted by molar-refractivity contribution is -0.158. The first-order chi connectivity index (χ1) is 7.62. The van der Waals surface area contributed by atoms with Crippen LogP contribution < -0.4 is 0 Å². The molecule has 0 radical (unpaired) electrons. The van der Waals surface area contributed by atoms with E-state index in [4.69, 9.17) is 4.74 Å². The summed E-state index contributed by atoms with van der Waals surface area (Å²) in [5, 5.41) is 9.30. The number of methoxy groups -OCH3 is 1. The third-order valence-electron chi connectivity index (χ3n) is 5.11. The summed E-state index contributed by atoms with van der Waals surface area (Å²) < 4.78 is 4.79. The van der Waals surface area contributed by atoms with E-state index in [1.165, 1.54) is 7.11 Å². The predicted molar refractivity (Wildman–Crippen MR) is 54.5 cm³/mol. The van der Waals surface area contributed by atoms with Gasteiger partial charge in [-0.2, -0.15) is 0 Å². The van der Waals surface area contributed by atoms with Gasteiger partial charge in [0.25, 0.3) is 0 Å². The average molecular weight is 224 g/mol. The lowest BCUT2D eigenvalue weighted by atomic mass is 9.79. The van der Waals surface area contributed by atoms with Crippen molar-refractivity contribution < 1.29 is 19.4 Å². The Bertz CT molecular complexity index is 358. The van der Waals surface area contributed by atoms with Crippen LogP contribution >= 0.6 is 0 Å². The van der Waals surface area contributed by atoms with Crippen LogP contribution in [0.15, 0.2) is 0 Å². The highest BCUT2D eigenvalue weighted by Gasteiger charge is 2.72. The van der Waals surface area contributed by atoms with Crippen LogP contribution in [0.2, 0.25) is 0 Å². The molecule has 4 nitrogen and oxygen atoms in total. The molecule has 2 bridgehead atoms. The zero-order valence-electron chi connectivity index (χ0n) is 9.31. The van der Waals surface area contributed by atoms with Crippen molar-refractivity contribution >= 4 is 11.9 Å². The second-order valence-corrected chi connectivity index (χ2v) is 5.44. The number of rotatable bonds is 2. The Morgan fingerprint density at radius 3 is 2.19 bits per heavy atom. The number of carbonyl (C=O) groups is 2. The van der Waals surface area contributed by atoms with Gasteiger partial charge in [-0.05, 0) is 42.9 Å². The van der Waals surface area contributed by atoms with Gasteiger partial charge in [-0.15, -0.1) is 0 Å². The maximum atomic E-state index is 11.7. The minimum atomic E-state index is -0.811. The quantitative estimate of drug-likeness (QED) is 0.718. The molecule has 0 amide bonds. The highest BCUT2D eigenvalue weighted by atomic mass is 16.5. The van der Waals surface area contributed by atoms with Crippen LogP contribution in [0, 0.1) is 29.1 Å². The highest BCUT2D eigenvalue weighted by Crippen LogP contribution is 2.74. The number of carboxylic acid groups (broad SMARTS) is 1. The Balaban J connectivity index is 1.97. The number of hydrogen-bond acceptors (Lipinski definition) is 3. The SMILES string of the molecule is COC(=O)[C@H]1[C@H](C(=O)O)[C@@H]2CC[C@@H]1C21CC1. The first-order valence-electron chi connectivity index (χ1n) is 5.92. The molecule has 88 valence electrons. The molecule has 3 aliphatic rings. The number of aliphatic carboxylic acids is 1. The number of carboxylic acids is 1. The lowest BCUT2D eigenvalue weighted by Gasteiger charge is -2.25. The zero-order valence-corrected chi connectivity index (χ0v) is 9.31. The van der Waals surface area contributed by atoms with Crippen molar-refractivity contribution in [1.82, 2.24) is 0 Å². The molecule has 0 aromatic rings. The van der Waals surface area contributed by atoms with Crippen molar-refractivity contribution in [1.29, 1.82) is 0 Å². The minimum Gasteiger partial charge on any atom is -0.481 e. The monoisotopic (exact) mass is 224 g/mol. The summed E-state index contributed by atoms with van der Waals surface area (Å²) in [6.07, 6.45) is 4.21. The summed E-state index contributed by atoms with van der Waals surface area (Å²) >= 11 is 0. The van der Waals surface area contributed by atoms with Crippen LogP contribution in [0.5, 0.6) is 0 Å². The molecule has 16 heavy (non-hydrogen) atoms. The van der Waals surface area contributed by atoms with Crippen LogP contribution in [-0.2, 0) is 14.3 Å². The second-order valence-electron chi connectivity index (χ2n) is 5.44. The second kappa shape index (κ2) is 2.99. The standard InChI is InChI=1S/C12H16O4/c1-16-11(15)9-7-3-2-6(8(9)10(13)14)12(7)4-5-12/h6-9H,2-5H2,1H3,(H,13,14)/t6-,7-,8+,9+/m0/s1. The molecule has 0 aromatic heterocycles. The topological polar surface area (TPSA) is 63.6 Å². The fraction of sp³-hybridized carbons (Fsp3) is 0.833. The average Bonchev–Trinajstić information content (AvgIpc) is 2.92. The summed E-state index contributed by atoms with van der Waals surface area (Å²) in [6, 6.07) is 0. The third kappa shape index (κ3) is 1.00. The smallest absolute Gasteiger partial charge is 0.309 e. The Morgan fingerprint density at radius 1 is 1.19 bits per heavy atom. The normalized spacial score (nSPS) is 42.3. The van der Waals surface area contributed by atoms with Crippen molar-refractivity contribution in [3.8, 4) is 0 Å². The van der Waals surface area contributed by atoms with Gasteiger partial charge in [0, 0.05) is 0 Å². The Hall–Kier alpha value is -1.06. The molecule has 0 heterocycles. The fourth-order valence-electron chi connectivity index (χ4n) is 4.44. The molecule has 0 saturated heterocycles. The summed E-state index contributed by atoms with van der Waals surface area (Å²) in [4.78, 5) is 23.1. The van der Waals surface area contributed by atoms with Gasteiger partial charge < -0.3 is 9.84 Å². The number of hydrogen-bond donors (Lipinski definition) is 1. The maximum absolute atomic E-state index is 11.7. The Morgan fingerprint density at radius 2 is 1.75 bits per heavy atom. The van der Waals surface area contributed by atoms with E-state index >= 15 is 0 Å². The molecule has 1 N–H and O–H groups in total. The molecular weight excluding hydrogens is 208 g/mol. The van der Waals surface area contributed by atoms with Crippen molar-refractivity contribution in [2.45, 2.75) is 25.7 Å². The zero-order chi connectivity index (χ0) is 11.5. The molecule has 3 aliphatic carbocycles. The molecule has 4 atom stereocenters. The first-order valence-corrected chi connectivity index (χ1v) is 5.92. The molecule has 4 heteroatoms. The molecule has 1 spiro atoms. The van der Waals surface area contributed by atoms with E-state index in [1.54, 1.807) is 0 Å². The van der Waals surface area contributed by atoms with Crippen molar-refractivity contribution in [3.63, 3.8) is 0 Å². The molecule has 0 aromatic carbocycles. The molecule has 3 fully saturated rings. The molecule has 3 saturated carbocycles. The van der Waals surface area contributed by atoms with E-state index in [-0.39, 0.29) is 29.1 Å².